The van der Waals surface area contributed by atoms with E-state index in [4.69, 9.17) is 10.2 Å². The van der Waals surface area contributed by atoms with E-state index < -0.39 is 12.1 Å². The SMILES string of the molecule is O=C(O)C(O)CCN1CC=CC1. The zero-order chi connectivity index (χ0) is 8.97. The molecule has 0 bridgehead atoms. The van der Waals surface area contributed by atoms with Crippen molar-refractivity contribution in [2.45, 2.75) is 12.5 Å². The number of nitrogens with zero attached hydrogens (tertiary/aromatic N) is 1. The summed E-state index contributed by atoms with van der Waals surface area (Å²) in [4.78, 5) is 12.3. The van der Waals surface area contributed by atoms with Crippen molar-refractivity contribution in [3.63, 3.8) is 0 Å². The third-order valence-corrected chi connectivity index (χ3v) is 1.90. The number of carboxylic acid groups (broad SMARTS) is 1. The maximum Gasteiger partial charge on any atom is 0.332 e. The number of rotatable bonds is 4. The fraction of sp³-hybridized carbons (Fsp3) is 0.625. The summed E-state index contributed by atoms with van der Waals surface area (Å²) in [6.45, 7) is 2.37. The van der Waals surface area contributed by atoms with Crippen LogP contribution in [0.3, 0.4) is 0 Å². The summed E-state index contributed by atoms with van der Waals surface area (Å²) < 4.78 is 0. The van der Waals surface area contributed by atoms with Gasteiger partial charge in [-0.05, 0) is 6.42 Å². The molecule has 1 aliphatic heterocycles. The predicted octanol–water partition coefficient (Wildman–Crippen LogP) is -0.306. The number of aliphatic hydroxyl groups excluding tert-OH is 1. The Morgan fingerprint density at radius 1 is 1.50 bits per heavy atom. The molecule has 1 aliphatic rings. The highest BCUT2D eigenvalue weighted by atomic mass is 16.4. The van der Waals surface area contributed by atoms with Crippen LogP contribution in [0.4, 0.5) is 0 Å². The van der Waals surface area contributed by atoms with Crippen LogP contribution in [0.5, 0.6) is 0 Å². The van der Waals surface area contributed by atoms with Crippen molar-refractivity contribution in [2.75, 3.05) is 19.6 Å². The second kappa shape index (κ2) is 4.23. The average molecular weight is 171 g/mol. The van der Waals surface area contributed by atoms with Crippen molar-refractivity contribution in [3.05, 3.63) is 12.2 Å². The first-order valence-corrected chi connectivity index (χ1v) is 3.98. The van der Waals surface area contributed by atoms with E-state index in [1.807, 2.05) is 12.2 Å². The third-order valence-electron chi connectivity index (χ3n) is 1.90. The quantitative estimate of drug-likeness (QED) is 0.570. The number of aliphatic carboxylic acids is 1. The highest BCUT2D eigenvalue weighted by molar-refractivity contribution is 5.71. The van der Waals surface area contributed by atoms with Crippen LogP contribution in [0.1, 0.15) is 6.42 Å². The van der Waals surface area contributed by atoms with Crippen LogP contribution < -0.4 is 0 Å². The molecule has 0 aromatic rings. The first-order chi connectivity index (χ1) is 5.70. The van der Waals surface area contributed by atoms with Crippen molar-refractivity contribution in [1.82, 2.24) is 4.90 Å². The molecule has 0 aromatic heterocycles. The molecule has 68 valence electrons. The van der Waals surface area contributed by atoms with E-state index >= 15 is 0 Å². The first kappa shape index (κ1) is 9.22. The summed E-state index contributed by atoms with van der Waals surface area (Å²) in [5.41, 5.74) is 0. The third kappa shape index (κ3) is 2.64. The van der Waals surface area contributed by atoms with Crippen LogP contribution in [0.2, 0.25) is 0 Å². The molecule has 0 spiro atoms. The van der Waals surface area contributed by atoms with Gasteiger partial charge in [-0.1, -0.05) is 12.2 Å². The Morgan fingerprint density at radius 3 is 2.58 bits per heavy atom. The maximum atomic E-state index is 10.2. The molecule has 0 amide bonds. The number of carbonyl (C=O) groups is 1. The van der Waals surface area contributed by atoms with Gasteiger partial charge in [0.1, 0.15) is 0 Å². The molecule has 0 fully saturated rings. The molecule has 1 unspecified atom stereocenters. The topological polar surface area (TPSA) is 60.8 Å². The van der Waals surface area contributed by atoms with Gasteiger partial charge in [0.25, 0.3) is 0 Å². The average Bonchev–Trinajstić information content (AvgIpc) is 2.51. The zero-order valence-electron chi connectivity index (χ0n) is 6.81. The highest BCUT2D eigenvalue weighted by Gasteiger charge is 2.15. The molecule has 0 aliphatic carbocycles. The van der Waals surface area contributed by atoms with Crippen molar-refractivity contribution in [1.29, 1.82) is 0 Å². The van der Waals surface area contributed by atoms with Crippen molar-refractivity contribution >= 4 is 5.97 Å². The monoisotopic (exact) mass is 171 g/mol. The molecule has 0 aromatic carbocycles. The molecule has 4 nitrogen and oxygen atoms in total. The van der Waals surface area contributed by atoms with Crippen LogP contribution in [0.25, 0.3) is 0 Å². The minimum absolute atomic E-state index is 0.303. The molecule has 0 radical (unpaired) electrons. The van der Waals surface area contributed by atoms with Crippen LogP contribution in [0.15, 0.2) is 12.2 Å². The van der Waals surface area contributed by atoms with Gasteiger partial charge in [0.15, 0.2) is 6.10 Å². The number of hydrogen-bond donors (Lipinski definition) is 2. The fourth-order valence-electron chi connectivity index (χ4n) is 1.13. The summed E-state index contributed by atoms with van der Waals surface area (Å²) in [5, 5.41) is 17.3. The minimum atomic E-state index is -1.22. The lowest BCUT2D eigenvalue weighted by atomic mass is 10.2. The number of aliphatic hydroxyl groups is 1. The van der Waals surface area contributed by atoms with Gasteiger partial charge in [-0.2, -0.15) is 0 Å². The van der Waals surface area contributed by atoms with Crippen LogP contribution in [0, 0.1) is 0 Å². The van der Waals surface area contributed by atoms with Gasteiger partial charge in [0, 0.05) is 19.6 Å². The summed E-state index contributed by atoms with van der Waals surface area (Å²) in [5.74, 6) is -1.14. The summed E-state index contributed by atoms with van der Waals surface area (Å²) in [6.07, 6.45) is 3.16. The van der Waals surface area contributed by atoms with Crippen molar-refractivity contribution in [3.8, 4) is 0 Å². The van der Waals surface area contributed by atoms with E-state index in [2.05, 4.69) is 4.90 Å². The Labute approximate surface area is 71.1 Å². The van der Waals surface area contributed by atoms with Gasteiger partial charge in [0.2, 0.25) is 0 Å². The Kier molecular flexibility index (Phi) is 3.25. The van der Waals surface area contributed by atoms with E-state index in [1.165, 1.54) is 0 Å². The van der Waals surface area contributed by atoms with E-state index in [0.29, 0.717) is 13.0 Å². The lowest BCUT2D eigenvalue weighted by Crippen LogP contribution is -2.28. The Hall–Kier alpha value is -0.870. The second-order valence-electron chi connectivity index (χ2n) is 2.87. The van der Waals surface area contributed by atoms with Gasteiger partial charge in [-0.25, -0.2) is 4.79 Å². The standard InChI is InChI=1S/C8H13NO3/c10-7(8(11)12)3-6-9-4-1-2-5-9/h1-2,7,10H,3-6H2,(H,11,12). The molecule has 0 saturated carbocycles. The van der Waals surface area contributed by atoms with Crippen LogP contribution >= 0.6 is 0 Å². The largest absolute Gasteiger partial charge is 0.479 e. The molecular formula is C8H13NO3. The van der Waals surface area contributed by atoms with E-state index in [9.17, 15) is 4.79 Å². The van der Waals surface area contributed by atoms with Gasteiger partial charge >= 0.3 is 5.97 Å². The highest BCUT2D eigenvalue weighted by Crippen LogP contribution is 2.01. The molecule has 1 atom stereocenters. The molecule has 12 heavy (non-hydrogen) atoms. The Balaban J connectivity index is 2.12. The molecule has 1 heterocycles. The van der Waals surface area contributed by atoms with Gasteiger partial charge in [-0.3, -0.25) is 4.90 Å². The number of carboxylic acids is 1. The van der Waals surface area contributed by atoms with Crippen molar-refractivity contribution < 1.29 is 15.0 Å². The van der Waals surface area contributed by atoms with Crippen molar-refractivity contribution in [2.24, 2.45) is 0 Å². The zero-order valence-corrected chi connectivity index (χ0v) is 6.81. The fourth-order valence-corrected chi connectivity index (χ4v) is 1.13. The lowest BCUT2D eigenvalue weighted by molar-refractivity contribution is -0.147. The van der Waals surface area contributed by atoms with Gasteiger partial charge in [-0.15, -0.1) is 0 Å². The molecule has 2 N–H and O–H groups in total. The Morgan fingerprint density at radius 2 is 2.08 bits per heavy atom. The molecule has 1 rings (SSSR count). The molecule has 0 saturated heterocycles. The first-order valence-electron chi connectivity index (χ1n) is 3.98. The maximum absolute atomic E-state index is 10.2. The van der Waals surface area contributed by atoms with Crippen LogP contribution in [-0.2, 0) is 4.79 Å². The van der Waals surface area contributed by atoms with Gasteiger partial charge < -0.3 is 10.2 Å². The van der Waals surface area contributed by atoms with Crippen LogP contribution in [-0.4, -0.2) is 46.8 Å². The predicted molar refractivity (Wildman–Crippen MR) is 43.8 cm³/mol. The second-order valence-corrected chi connectivity index (χ2v) is 2.87. The molecule has 4 heteroatoms. The normalized spacial score (nSPS) is 19.8. The summed E-state index contributed by atoms with van der Waals surface area (Å²) in [6, 6.07) is 0. The number of hydrogen-bond acceptors (Lipinski definition) is 3. The summed E-state index contributed by atoms with van der Waals surface area (Å²) in [7, 11) is 0. The molecular weight excluding hydrogens is 158 g/mol. The Bertz CT molecular complexity index is 183. The van der Waals surface area contributed by atoms with E-state index in [0.717, 1.165) is 13.1 Å². The lowest BCUT2D eigenvalue weighted by Gasteiger charge is -2.15. The minimum Gasteiger partial charge on any atom is -0.479 e. The van der Waals surface area contributed by atoms with E-state index in [-0.39, 0.29) is 0 Å². The van der Waals surface area contributed by atoms with E-state index in [1.54, 1.807) is 0 Å². The summed E-state index contributed by atoms with van der Waals surface area (Å²) >= 11 is 0. The smallest absolute Gasteiger partial charge is 0.332 e. The van der Waals surface area contributed by atoms with Gasteiger partial charge in [0.05, 0.1) is 0 Å².